The van der Waals surface area contributed by atoms with Crippen molar-refractivity contribution in [2.24, 2.45) is 11.8 Å². The van der Waals surface area contributed by atoms with Crippen LogP contribution in [0.5, 0.6) is 6.01 Å². The molecule has 2 N–H and O–H groups in total. The van der Waals surface area contributed by atoms with E-state index in [1.807, 2.05) is 6.92 Å². The number of ether oxygens (including phenoxy) is 1. The van der Waals surface area contributed by atoms with Gasteiger partial charge in [-0.1, -0.05) is 20.8 Å². The van der Waals surface area contributed by atoms with Crippen LogP contribution in [0, 0.1) is 11.8 Å². The fraction of sp³-hybridized carbons (Fsp3) is 0.769. The molecule has 1 aliphatic rings. The molecule has 106 valence electrons. The molecular formula is C13H23N5O. The zero-order valence-electron chi connectivity index (χ0n) is 12.0. The van der Waals surface area contributed by atoms with Gasteiger partial charge in [0.15, 0.2) is 0 Å². The number of hydrogen-bond donors (Lipinski definition) is 1. The number of aromatic nitrogens is 3. The molecule has 0 aliphatic carbocycles. The first-order valence-corrected chi connectivity index (χ1v) is 6.99. The minimum Gasteiger partial charge on any atom is -0.463 e. The molecule has 0 bridgehead atoms. The fourth-order valence-electron chi connectivity index (χ4n) is 2.20. The van der Waals surface area contributed by atoms with Crippen LogP contribution in [0.15, 0.2) is 0 Å². The van der Waals surface area contributed by atoms with E-state index in [1.165, 1.54) is 0 Å². The van der Waals surface area contributed by atoms with Gasteiger partial charge in [0, 0.05) is 13.1 Å². The molecule has 2 rings (SSSR count). The van der Waals surface area contributed by atoms with Gasteiger partial charge >= 0.3 is 6.01 Å². The molecule has 2 unspecified atom stereocenters. The molecule has 0 radical (unpaired) electrons. The summed E-state index contributed by atoms with van der Waals surface area (Å²) in [6.07, 6.45) is 2.07. The number of anilines is 2. The van der Waals surface area contributed by atoms with Crippen molar-refractivity contribution in [3.05, 3.63) is 0 Å². The van der Waals surface area contributed by atoms with E-state index in [0.717, 1.165) is 31.8 Å². The second kappa shape index (κ2) is 6.04. The normalized spacial score (nSPS) is 23.4. The van der Waals surface area contributed by atoms with E-state index in [4.69, 9.17) is 10.5 Å². The second-order valence-corrected chi connectivity index (χ2v) is 5.31. The van der Waals surface area contributed by atoms with Crippen LogP contribution >= 0.6 is 0 Å². The van der Waals surface area contributed by atoms with Crippen molar-refractivity contribution in [2.75, 3.05) is 30.3 Å². The number of rotatable bonds is 4. The summed E-state index contributed by atoms with van der Waals surface area (Å²) in [5.74, 6) is 2.23. The van der Waals surface area contributed by atoms with Gasteiger partial charge in [-0.2, -0.15) is 15.0 Å². The topological polar surface area (TPSA) is 77.2 Å². The van der Waals surface area contributed by atoms with Crippen molar-refractivity contribution in [3.8, 4) is 6.01 Å². The molecule has 2 heterocycles. The van der Waals surface area contributed by atoms with E-state index >= 15 is 0 Å². The summed E-state index contributed by atoms with van der Waals surface area (Å²) >= 11 is 0. The number of piperidine rings is 1. The quantitative estimate of drug-likeness (QED) is 0.893. The number of nitrogens with two attached hydrogens (primary N) is 1. The highest BCUT2D eigenvalue weighted by atomic mass is 16.5. The number of hydrogen-bond acceptors (Lipinski definition) is 6. The van der Waals surface area contributed by atoms with Crippen LogP contribution in [0.1, 0.15) is 33.6 Å². The summed E-state index contributed by atoms with van der Waals surface area (Å²) < 4.78 is 5.45. The van der Waals surface area contributed by atoms with Crippen LogP contribution in [-0.2, 0) is 0 Å². The van der Waals surface area contributed by atoms with Crippen LogP contribution in [-0.4, -0.2) is 34.6 Å². The van der Waals surface area contributed by atoms with E-state index in [2.05, 4.69) is 33.7 Å². The Labute approximate surface area is 114 Å². The Bertz CT molecular complexity index is 425. The Balaban J connectivity index is 2.13. The van der Waals surface area contributed by atoms with Gasteiger partial charge in [0.1, 0.15) is 0 Å². The molecule has 6 nitrogen and oxygen atoms in total. The van der Waals surface area contributed by atoms with Crippen molar-refractivity contribution in [1.82, 2.24) is 15.0 Å². The third-order valence-electron chi connectivity index (χ3n) is 3.67. The smallest absolute Gasteiger partial charge is 0.323 e. The van der Waals surface area contributed by atoms with Gasteiger partial charge in [0.25, 0.3) is 0 Å². The standard InChI is InChI=1S/C13H23N5O/c1-4-7-19-13-16-11(14)15-12(17-13)18-6-5-9(2)10(3)8-18/h9-10H,4-8H2,1-3H3,(H2,14,15,16,17). The minimum atomic E-state index is 0.224. The molecule has 19 heavy (non-hydrogen) atoms. The minimum absolute atomic E-state index is 0.224. The van der Waals surface area contributed by atoms with Gasteiger partial charge < -0.3 is 15.4 Å². The van der Waals surface area contributed by atoms with Crippen molar-refractivity contribution < 1.29 is 4.74 Å². The van der Waals surface area contributed by atoms with Crippen LogP contribution in [0.4, 0.5) is 11.9 Å². The lowest BCUT2D eigenvalue weighted by atomic mass is 9.89. The van der Waals surface area contributed by atoms with Crippen LogP contribution in [0.2, 0.25) is 0 Å². The Morgan fingerprint density at radius 1 is 1.26 bits per heavy atom. The van der Waals surface area contributed by atoms with Gasteiger partial charge in [-0.05, 0) is 24.7 Å². The summed E-state index contributed by atoms with van der Waals surface area (Å²) in [4.78, 5) is 14.8. The number of nitrogens with zero attached hydrogens (tertiary/aromatic N) is 4. The third-order valence-corrected chi connectivity index (χ3v) is 3.67. The summed E-state index contributed by atoms with van der Waals surface area (Å²) in [7, 11) is 0. The first kappa shape index (κ1) is 13.8. The summed E-state index contributed by atoms with van der Waals surface area (Å²) in [5.41, 5.74) is 5.73. The maximum absolute atomic E-state index is 5.73. The molecule has 1 aromatic heterocycles. The van der Waals surface area contributed by atoms with Crippen LogP contribution in [0.3, 0.4) is 0 Å². The first-order chi connectivity index (χ1) is 9.10. The zero-order chi connectivity index (χ0) is 13.8. The molecule has 1 aliphatic heterocycles. The molecule has 0 amide bonds. The van der Waals surface area contributed by atoms with E-state index in [9.17, 15) is 0 Å². The molecule has 0 aromatic carbocycles. The van der Waals surface area contributed by atoms with Gasteiger partial charge in [-0.25, -0.2) is 0 Å². The van der Waals surface area contributed by atoms with Gasteiger partial charge in [0.05, 0.1) is 6.61 Å². The molecule has 1 saturated heterocycles. The lowest BCUT2D eigenvalue weighted by Crippen LogP contribution is -2.39. The predicted octanol–water partition coefficient (Wildman–Crippen LogP) is 1.72. The fourth-order valence-corrected chi connectivity index (χ4v) is 2.20. The van der Waals surface area contributed by atoms with Crippen molar-refractivity contribution in [1.29, 1.82) is 0 Å². The summed E-state index contributed by atoms with van der Waals surface area (Å²) in [6, 6.07) is 0.329. The molecule has 2 atom stereocenters. The molecular weight excluding hydrogens is 242 g/mol. The Morgan fingerprint density at radius 2 is 2.05 bits per heavy atom. The highest BCUT2D eigenvalue weighted by Gasteiger charge is 2.25. The lowest BCUT2D eigenvalue weighted by molar-refractivity contribution is 0.289. The van der Waals surface area contributed by atoms with Gasteiger partial charge in [-0.15, -0.1) is 0 Å². The van der Waals surface area contributed by atoms with Crippen LogP contribution in [0.25, 0.3) is 0 Å². The molecule has 6 heteroatoms. The third kappa shape index (κ3) is 3.45. The average Bonchev–Trinajstić information content (AvgIpc) is 2.39. The highest BCUT2D eigenvalue weighted by molar-refractivity contribution is 5.36. The van der Waals surface area contributed by atoms with Crippen molar-refractivity contribution in [3.63, 3.8) is 0 Å². The maximum Gasteiger partial charge on any atom is 0.323 e. The van der Waals surface area contributed by atoms with E-state index in [0.29, 0.717) is 24.5 Å². The Kier molecular flexibility index (Phi) is 4.39. The van der Waals surface area contributed by atoms with Gasteiger partial charge in [0.2, 0.25) is 11.9 Å². The van der Waals surface area contributed by atoms with Crippen LogP contribution < -0.4 is 15.4 Å². The van der Waals surface area contributed by atoms with E-state index < -0.39 is 0 Å². The zero-order valence-corrected chi connectivity index (χ0v) is 12.0. The maximum atomic E-state index is 5.73. The first-order valence-electron chi connectivity index (χ1n) is 6.99. The molecule has 0 spiro atoms. The molecule has 1 aromatic rings. The highest BCUT2D eigenvalue weighted by Crippen LogP contribution is 2.25. The summed E-state index contributed by atoms with van der Waals surface area (Å²) in [5, 5.41) is 0. The molecule has 1 fully saturated rings. The molecule has 0 saturated carbocycles. The Hall–Kier alpha value is -1.59. The lowest BCUT2D eigenvalue weighted by Gasteiger charge is -2.35. The SMILES string of the molecule is CCCOc1nc(N)nc(N2CCC(C)C(C)C2)n1. The van der Waals surface area contributed by atoms with E-state index in [1.54, 1.807) is 0 Å². The second-order valence-electron chi connectivity index (χ2n) is 5.31. The Morgan fingerprint density at radius 3 is 2.74 bits per heavy atom. The monoisotopic (exact) mass is 265 g/mol. The largest absolute Gasteiger partial charge is 0.463 e. The van der Waals surface area contributed by atoms with E-state index in [-0.39, 0.29) is 5.95 Å². The average molecular weight is 265 g/mol. The number of nitrogen functional groups attached to an aromatic ring is 1. The van der Waals surface area contributed by atoms with Crippen molar-refractivity contribution in [2.45, 2.75) is 33.6 Å². The van der Waals surface area contributed by atoms with Crippen molar-refractivity contribution >= 4 is 11.9 Å². The van der Waals surface area contributed by atoms with Gasteiger partial charge in [-0.3, -0.25) is 0 Å². The predicted molar refractivity (Wildman–Crippen MR) is 75.2 cm³/mol. The summed E-state index contributed by atoms with van der Waals surface area (Å²) in [6.45, 7) is 9.10.